The first-order valence-electron chi connectivity index (χ1n) is 5.49. The van der Waals surface area contributed by atoms with Crippen molar-refractivity contribution in [3.63, 3.8) is 0 Å². The molecular formula is C13H17NO. The number of amides is 1. The monoisotopic (exact) mass is 203 g/mol. The highest BCUT2D eigenvalue weighted by molar-refractivity contribution is 5.93. The third kappa shape index (κ3) is 2.38. The molecule has 0 bridgehead atoms. The molecule has 1 aliphatic carbocycles. The molecule has 2 nitrogen and oxygen atoms in total. The van der Waals surface area contributed by atoms with E-state index in [1.54, 1.807) is 0 Å². The lowest BCUT2D eigenvalue weighted by molar-refractivity contribution is 0.0787. The zero-order valence-electron chi connectivity index (χ0n) is 9.31. The molecule has 2 unspecified atom stereocenters. The van der Waals surface area contributed by atoms with E-state index >= 15 is 0 Å². The van der Waals surface area contributed by atoms with E-state index in [0.29, 0.717) is 0 Å². The van der Waals surface area contributed by atoms with Crippen LogP contribution in [0.25, 0.3) is 0 Å². The number of nitrogens with zero attached hydrogens (tertiary/aromatic N) is 1. The largest absolute Gasteiger partial charge is 0.341 e. The van der Waals surface area contributed by atoms with Crippen LogP contribution in [0.4, 0.5) is 0 Å². The highest BCUT2D eigenvalue weighted by atomic mass is 16.2. The maximum absolute atomic E-state index is 11.9. The van der Waals surface area contributed by atoms with Crippen LogP contribution in [0.3, 0.4) is 0 Å². The van der Waals surface area contributed by atoms with Crippen LogP contribution < -0.4 is 0 Å². The highest BCUT2D eigenvalue weighted by Gasteiger charge is 2.34. The predicted octanol–water partition coefficient (Wildman–Crippen LogP) is 2.41. The molecule has 15 heavy (non-hydrogen) atoms. The minimum absolute atomic E-state index is 0.134. The SMILES string of the molecule is CC1CC1CN(C)C(=O)c1ccccc1. The molecule has 0 radical (unpaired) electrons. The molecule has 2 rings (SSSR count). The Morgan fingerprint density at radius 3 is 2.53 bits per heavy atom. The molecule has 2 atom stereocenters. The molecule has 0 aliphatic heterocycles. The maximum Gasteiger partial charge on any atom is 0.253 e. The van der Waals surface area contributed by atoms with E-state index in [4.69, 9.17) is 0 Å². The van der Waals surface area contributed by atoms with Gasteiger partial charge in [0.1, 0.15) is 0 Å². The van der Waals surface area contributed by atoms with Crippen LogP contribution in [-0.2, 0) is 0 Å². The van der Waals surface area contributed by atoms with Gasteiger partial charge in [-0.15, -0.1) is 0 Å². The second-order valence-corrected chi connectivity index (χ2v) is 4.52. The van der Waals surface area contributed by atoms with Crippen molar-refractivity contribution in [3.05, 3.63) is 35.9 Å². The average Bonchev–Trinajstić information content (AvgIpc) is 2.94. The van der Waals surface area contributed by atoms with Crippen molar-refractivity contribution in [1.82, 2.24) is 4.90 Å². The van der Waals surface area contributed by atoms with Crippen LogP contribution >= 0.6 is 0 Å². The molecule has 80 valence electrons. The predicted molar refractivity (Wildman–Crippen MR) is 60.7 cm³/mol. The summed E-state index contributed by atoms with van der Waals surface area (Å²) >= 11 is 0. The van der Waals surface area contributed by atoms with E-state index in [0.717, 1.165) is 23.9 Å². The normalized spacial score (nSPS) is 23.6. The first kappa shape index (κ1) is 10.2. The van der Waals surface area contributed by atoms with Crippen molar-refractivity contribution in [2.45, 2.75) is 13.3 Å². The summed E-state index contributed by atoms with van der Waals surface area (Å²) in [5.74, 6) is 1.66. The summed E-state index contributed by atoms with van der Waals surface area (Å²) in [7, 11) is 1.89. The van der Waals surface area contributed by atoms with Crippen LogP contribution in [-0.4, -0.2) is 24.4 Å². The first-order chi connectivity index (χ1) is 7.18. The van der Waals surface area contributed by atoms with Gasteiger partial charge in [-0.2, -0.15) is 0 Å². The Labute approximate surface area is 90.9 Å². The maximum atomic E-state index is 11.9. The average molecular weight is 203 g/mol. The topological polar surface area (TPSA) is 20.3 Å². The Morgan fingerprint density at radius 1 is 1.40 bits per heavy atom. The van der Waals surface area contributed by atoms with Crippen molar-refractivity contribution in [2.75, 3.05) is 13.6 Å². The van der Waals surface area contributed by atoms with E-state index in [1.807, 2.05) is 42.3 Å². The zero-order valence-corrected chi connectivity index (χ0v) is 9.31. The smallest absolute Gasteiger partial charge is 0.253 e. The molecule has 1 fully saturated rings. The third-order valence-electron chi connectivity index (χ3n) is 3.15. The fourth-order valence-electron chi connectivity index (χ4n) is 1.89. The number of hydrogen-bond donors (Lipinski definition) is 0. The summed E-state index contributed by atoms with van der Waals surface area (Å²) in [6.45, 7) is 3.14. The fourth-order valence-corrected chi connectivity index (χ4v) is 1.89. The number of hydrogen-bond acceptors (Lipinski definition) is 1. The second kappa shape index (κ2) is 4.05. The van der Waals surface area contributed by atoms with Crippen LogP contribution in [0.5, 0.6) is 0 Å². The molecule has 1 aromatic carbocycles. The van der Waals surface area contributed by atoms with Crippen molar-refractivity contribution in [1.29, 1.82) is 0 Å². The summed E-state index contributed by atoms with van der Waals surface area (Å²) in [5.41, 5.74) is 0.785. The molecule has 0 saturated heterocycles. The lowest BCUT2D eigenvalue weighted by atomic mass is 10.2. The Kier molecular flexibility index (Phi) is 2.76. The third-order valence-corrected chi connectivity index (χ3v) is 3.15. The Hall–Kier alpha value is -1.31. The molecule has 0 heterocycles. The Balaban J connectivity index is 1.95. The minimum Gasteiger partial charge on any atom is -0.341 e. The molecule has 1 saturated carbocycles. The van der Waals surface area contributed by atoms with Gasteiger partial charge in [0.05, 0.1) is 0 Å². The van der Waals surface area contributed by atoms with Gasteiger partial charge in [0.2, 0.25) is 0 Å². The highest BCUT2D eigenvalue weighted by Crippen LogP contribution is 2.38. The molecule has 1 aliphatic rings. The van der Waals surface area contributed by atoms with E-state index < -0.39 is 0 Å². The molecular weight excluding hydrogens is 186 g/mol. The van der Waals surface area contributed by atoms with Gasteiger partial charge in [-0.1, -0.05) is 25.1 Å². The van der Waals surface area contributed by atoms with Crippen LogP contribution in [0.1, 0.15) is 23.7 Å². The van der Waals surface area contributed by atoms with E-state index in [9.17, 15) is 4.79 Å². The number of carbonyl (C=O) groups excluding carboxylic acids is 1. The van der Waals surface area contributed by atoms with Crippen LogP contribution in [0.15, 0.2) is 30.3 Å². The molecule has 2 heteroatoms. The summed E-state index contributed by atoms with van der Waals surface area (Å²) < 4.78 is 0. The molecule has 1 aromatic rings. The van der Waals surface area contributed by atoms with E-state index in [1.165, 1.54) is 6.42 Å². The standard InChI is InChI=1S/C13H17NO/c1-10-8-12(10)9-14(2)13(15)11-6-4-3-5-7-11/h3-7,10,12H,8-9H2,1-2H3. The minimum atomic E-state index is 0.134. The summed E-state index contributed by atoms with van der Waals surface area (Å²) in [5, 5.41) is 0. The molecule has 0 N–H and O–H groups in total. The van der Waals surface area contributed by atoms with Gasteiger partial charge in [0.15, 0.2) is 0 Å². The van der Waals surface area contributed by atoms with Gasteiger partial charge in [0.25, 0.3) is 5.91 Å². The summed E-state index contributed by atoms with van der Waals surface area (Å²) in [6.07, 6.45) is 1.27. The summed E-state index contributed by atoms with van der Waals surface area (Å²) in [4.78, 5) is 13.8. The number of benzene rings is 1. The number of carbonyl (C=O) groups is 1. The van der Waals surface area contributed by atoms with Crippen LogP contribution in [0, 0.1) is 11.8 Å². The van der Waals surface area contributed by atoms with Gasteiger partial charge in [-0.3, -0.25) is 4.79 Å². The fraction of sp³-hybridized carbons (Fsp3) is 0.462. The van der Waals surface area contributed by atoms with E-state index in [2.05, 4.69) is 6.92 Å². The molecule has 0 aromatic heterocycles. The quantitative estimate of drug-likeness (QED) is 0.738. The molecule has 1 amide bonds. The van der Waals surface area contributed by atoms with Gasteiger partial charge in [0, 0.05) is 19.2 Å². The Bertz CT molecular complexity index is 347. The Morgan fingerprint density at radius 2 is 2.00 bits per heavy atom. The lowest BCUT2D eigenvalue weighted by Crippen LogP contribution is -2.28. The van der Waals surface area contributed by atoms with E-state index in [-0.39, 0.29) is 5.91 Å². The first-order valence-corrected chi connectivity index (χ1v) is 5.49. The van der Waals surface area contributed by atoms with Crippen LogP contribution in [0.2, 0.25) is 0 Å². The second-order valence-electron chi connectivity index (χ2n) is 4.52. The van der Waals surface area contributed by atoms with Crippen molar-refractivity contribution >= 4 is 5.91 Å². The zero-order chi connectivity index (χ0) is 10.8. The van der Waals surface area contributed by atoms with Gasteiger partial charge < -0.3 is 4.90 Å². The van der Waals surface area contributed by atoms with Gasteiger partial charge in [-0.25, -0.2) is 0 Å². The summed E-state index contributed by atoms with van der Waals surface area (Å²) in [6, 6.07) is 9.48. The lowest BCUT2D eigenvalue weighted by Gasteiger charge is -2.16. The number of rotatable bonds is 3. The van der Waals surface area contributed by atoms with Gasteiger partial charge >= 0.3 is 0 Å². The van der Waals surface area contributed by atoms with Crippen molar-refractivity contribution in [3.8, 4) is 0 Å². The molecule has 0 spiro atoms. The van der Waals surface area contributed by atoms with Crippen molar-refractivity contribution < 1.29 is 4.79 Å². The van der Waals surface area contributed by atoms with Gasteiger partial charge in [-0.05, 0) is 30.4 Å². The van der Waals surface area contributed by atoms with Crippen molar-refractivity contribution in [2.24, 2.45) is 11.8 Å².